The van der Waals surface area contributed by atoms with Crippen molar-refractivity contribution in [3.05, 3.63) is 60.8 Å². The molecule has 1 heterocycles. The number of carbonyl (C=O) groups excluding carboxylic acids is 2. The molecule has 2 aromatic rings. The number of urea groups is 1. The summed E-state index contributed by atoms with van der Waals surface area (Å²) in [6.07, 6.45) is 0.373. The third kappa shape index (κ3) is 7.99. The molecule has 0 unspecified atom stereocenters. The van der Waals surface area contributed by atoms with E-state index in [2.05, 4.69) is 59.7 Å². The molecule has 0 saturated heterocycles. The van der Waals surface area contributed by atoms with Gasteiger partial charge in [0.25, 0.3) is 0 Å². The van der Waals surface area contributed by atoms with Crippen LogP contribution in [0.15, 0.2) is 51.2 Å². The zero-order valence-electron chi connectivity index (χ0n) is 21.8. The summed E-state index contributed by atoms with van der Waals surface area (Å²) >= 11 is 5.51. The van der Waals surface area contributed by atoms with Crippen molar-refractivity contribution in [2.75, 3.05) is 26.9 Å². The van der Waals surface area contributed by atoms with E-state index in [0.29, 0.717) is 39.6 Å². The Morgan fingerprint density at radius 1 is 1.30 bits per heavy atom. The van der Waals surface area contributed by atoms with E-state index >= 15 is 0 Å². The number of halogens is 2. The number of esters is 1. The lowest BCUT2D eigenvalue weighted by molar-refractivity contribution is -0.136. The zero-order chi connectivity index (χ0) is 29.2. The third-order valence-corrected chi connectivity index (χ3v) is 6.80. The molecule has 1 aliphatic rings. The largest absolute Gasteiger partial charge is 0.490 e. The summed E-state index contributed by atoms with van der Waals surface area (Å²) in [5.74, 6) is 0.700. The summed E-state index contributed by atoms with van der Waals surface area (Å²) in [6, 6.07) is 9.28. The zero-order valence-corrected chi connectivity index (χ0v) is 25.5. The molecule has 2 amide bonds. The number of nitrogens with zero attached hydrogens (tertiary/aromatic N) is 2. The van der Waals surface area contributed by atoms with Crippen molar-refractivity contribution in [1.82, 2.24) is 16.1 Å². The first-order valence-electron chi connectivity index (χ1n) is 11.9. The number of hydrazone groups is 1. The molecule has 2 atom stereocenters. The normalized spacial score (nSPS) is 15.5. The van der Waals surface area contributed by atoms with Crippen molar-refractivity contribution in [3.8, 4) is 23.3 Å². The smallest absolute Gasteiger partial charge is 0.337 e. The molecule has 1 aliphatic heterocycles. The Morgan fingerprint density at radius 2 is 2.08 bits per heavy atom. The molecule has 0 aromatic heterocycles. The van der Waals surface area contributed by atoms with Crippen molar-refractivity contribution in [2.24, 2.45) is 5.10 Å². The van der Waals surface area contributed by atoms with Crippen molar-refractivity contribution in [1.29, 1.82) is 5.26 Å². The Morgan fingerprint density at radius 3 is 2.75 bits per heavy atom. The number of aliphatic hydroxyl groups is 1. The highest BCUT2D eigenvalue weighted by Crippen LogP contribution is 2.35. The highest BCUT2D eigenvalue weighted by molar-refractivity contribution is 14.1. The van der Waals surface area contributed by atoms with Gasteiger partial charge in [0, 0.05) is 5.70 Å². The van der Waals surface area contributed by atoms with Gasteiger partial charge in [0.2, 0.25) is 0 Å². The number of nitriles is 1. The van der Waals surface area contributed by atoms with E-state index in [1.807, 2.05) is 12.1 Å². The molecule has 0 bridgehead atoms. The maximum absolute atomic E-state index is 12.4. The molecular weight excluding hydrogens is 701 g/mol. The average Bonchev–Trinajstić information content (AvgIpc) is 2.91. The Kier molecular flexibility index (Phi) is 11.4. The second kappa shape index (κ2) is 14.7. The van der Waals surface area contributed by atoms with Gasteiger partial charge in [-0.15, -0.1) is 0 Å². The Hall–Kier alpha value is -3.55. The summed E-state index contributed by atoms with van der Waals surface area (Å²) in [4.78, 5) is 24.5. The van der Waals surface area contributed by atoms with Crippen LogP contribution in [0.5, 0.6) is 17.2 Å². The SMILES string of the molecule is CCOc1cc([C@@H]2NC(=O)NC(C)=C2C(=O)OC)ccc1OC[C@H](O)N/N=C\c1cc(Br)c(OCC#N)c(I)c1. The average molecular weight is 728 g/mol. The lowest BCUT2D eigenvalue weighted by atomic mass is 9.95. The fraction of sp³-hybridized carbons (Fsp3) is 0.308. The Balaban J connectivity index is 1.68. The Labute approximate surface area is 253 Å². The van der Waals surface area contributed by atoms with E-state index in [1.54, 1.807) is 38.1 Å². The van der Waals surface area contributed by atoms with Gasteiger partial charge in [0.05, 0.1) is 39.6 Å². The number of hydrogen-bond acceptors (Lipinski definition) is 10. The molecule has 12 nitrogen and oxygen atoms in total. The number of allylic oxidation sites excluding steroid dienone is 1. The topological polar surface area (TPSA) is 164 Å². The maximum atomic E-state index is 12.4. The number of benzene rings is 2. The van der Waals surface area contributed by atoms with E-state index in [9.17, 15) is 14.7 Å². The first-order valence-corrected chi connectivity index (χ1v) is 13.8. The minimum Gasteiger partial charge on any atom is -0.490 e. The van der Waals surface area contributed by atoms with Gasteiger partial charge in [-0.2, -0.15) is 10.4 Å². The monoisotopic (exact) mass is 727 g/mol. The molecule has 0 aliphatic carbocycles. The van der Waals surface area contributed by atoms with Gasteiger partial charge < -0.3 is 34.7 Å². The van der Waals surface area contributed by atoms with Gasteiger partial charge in [0.1, 0.15) is 18.4 Å². The quantitative estimate of drug-likeness (QED) is 0.0843. The predicted octanol–water partition coefficient (Wildman–Crippen LogP) is 3.48. The second-order valence-corrected chi connectivity index (χ2v) is 10.2. The number of aliphatic hydroxyl groups excluding tert-OH is 1. The summed E-state index contributed by atoms with van der Waals surface area (Å²) in [5, 5.41) is 28.4. The number of nitrogens with one attached hydrogen (secondary N) is 3. The van der Waals surface area contributed by atoms with E-state index in [0.717, 1.165) is 9.13 Å². The molecular formula is C26H27BrIN5O7. The molecule has 3 rings (SSSR count). The maximum Gasteiger partial charge on any atom is 0.337 e. The highest BCUT2D eigenvalue weighted by Gasteiger charge is 2.32. The highest BCUT2D eigenvalue weighted by atomic mass is 127. The van der Waals surface area contributed by atoms with Crippen LogP contribution in [0.25, 0.3) is 0 Å². The molecule has 0 spiro atoms. The van der Waals surface area contributed by atoms with Gasteiger partial charge in [-0.05, 0) is 87.8 Å². The van der Waals surface area contributed by atoms with Crippen LogP contribution in [0.2, 0.25) is 0 Å². The van der Waals surface area contributed by atoms with Crippen LogP contribution in [-0.2, 0) is 9.53 Å². The Bertz CT molecular complexity index is 1340. The fourth-order valence-electron chi connectivity index (χ4n) is 3.72. The van der Waals surface area contributed by atoms with Crippen LogP contribution >= 0.6 is 38.5 Å². The second-order valence-electron chi connectivity index (χ2n) is 8.18. The fourth-order valence-corrected chi connectivity index (χ4v) is 5.49. The van der Waals surface area contributed by atoms with Crippen LogP contribution < -0.4 is 30.3 Å². The first kappa shape index (κ1) is 31.0. The van der Waals surface area contributed by atoms with Crippen molar-refractivity contribution >= 4 is 56.7 Å². The predicted molar refractivity (Wildman–Crippen MR) is 157 cm³/mol. The minimum atomic E-state index is -1.15. The van der Waals surface area contributed by atoms with E-state index < -0.39 is 24.3 Å². The van der Waals surface area contributed by atoms with Gasteiger partial charge in [-0.25, -0.2) is 9.59 Å². The summed E-state index contributed by atoms with van der Waals surface area (Å²) in [7, 11) is 1.27. The van der Waals surface area contributed by atoms with E-state index in [-0.39, 0.29) is 18.8 Å². The molecule has 0 saturated carbocycles. The van der Waals surface area contributed by atoms with E-state index in [1.165, 1.54) is 13.3 Å². The van der Waals surface area contributed by atoms with Crippen LogP contribution in [-0.4, -0.2) is 56.5 Å². The minimum absolute atomic E-state index is 0.0661. The number of rotatable bonds is 12. The first-order chi connectivity index (χ1) is 19.2. The van der Waals surface area contributed by atoms with Crippen molar-refractivity contribution < 1.29 is 33.6 Å². The van der Waals surface area contributed by atoms with Crippen molar-refractivity contribution in [3.63, 3.8) is 0 Å². The van der Waals surface area contributed by atoms with Crippen molar-refractivity contribution in [2.45, 2.75) is 26.1 Å². The van der Waals surface area contributed by atoms with Crippen LogP contribution in [0.3, 0.4) is 0 Å². The van der Waals surface area contributed by atoms with Crippen LogP contribution in [0, 0.1) is 14.9 Å². The molecule has 2 aromatic carbocycles. The number of amides is 2. The lowest BCUT2D eigenvalue weighted by Crippen LogP contribution is -2.45. The summed E-state index contributed by atoms with van der Waals surface area (Å²) in [6.45, 7) is 3.53. The number of hydrogen-bond donors (Lipinski definition) is 4. The molecule has 0 radical (unpaired) electrons. The van der Waals surface area contributed by atoms with Crippen LogP contribution in [0.1, 0.15) is 31.0 Å². The number of ether oxygens (including phenoxy) is 4. The van der Waals surface area contributed by atoms with Gasteiger partial charge in [-0.3, -0.25) is 5.43 Å². The third-order valence-electron chi connectivity index (χ3n) is 5.41. The molecule has 0 fully saturated rings. The molecule has 14 heteroatoms. The molecule has 4 N–H and O–H groups in total. The summed E-state index contributed by atoms with van der Waals surface area (Å²) < 4.78 is 23.2. The van der Waals surface area contributed by atoms with Gasteiger partial charge in [0.15, 0.2) is 24.3 Å². The van der Waals surface area contributed by atoms with Crippen LogP contribution in [0.4, 0.5) is 4.79 Å². The number of carbonyl (C=O) groups is 2. The standard InChI is InChI=1S/C26H27BrIN5O7/c1-4-38-20-11-16(23-22(25(35)37-3)14(2)31-26(36)32-23)5-6-19(20)40-13-21(34)33-30-12-15-9-17(27)24(18(28)10-15)39-8-7-29/h5-6,9-12,21,23,33-34H,4,8,13H2,1-3H3,(H2,31,32,36)/b30-12-/t21-,23-/m0/s1. The van der Waals surface area contributed by atoms with E-state index in [4.69, 9.17) is 24.2 Å². The summed E-state index contributed by atoms with van der Waals surface area (Å²) in [5.41, 5.74) is 4.56. The number of methoxy groups -OCH3 is 1. The lowest BCUT2D eigenvalue weighted by Gasteiger charge is -2.28. The molecule has 212 valence electrons. The molecule has 40 heavy (non-hydrogen) atoms. The van der Waals surface area contributed by atoms with Gasteiger partial charge >= 0.3 is 12.0 Å². The van der Waals surface area contributed by atoms with Gasteiger partial charge in [-0.1, -0.05) is 6.07 Å².